The number of benzene rings is 2. The molecule has 2 aromatic carbocycles. The first-order valence-electron chi connectivity index (χ1n) is 8.67. The Labute approximate surface area is 167 Å². The number of nitrogens with one attached hydrogen (secondary N) is 1. The van der Waals surface area contributed by atoms with Crippen molar-refractivity contribution in [2.75, 3.05) is 5.32 Å². The smallest absolute Gasteiger partial charge is 0.256 e. The Morgan fingerprint density at radius 1 is 1.04 bits per heavy atom. The Morgan fingerprint density at radius 2 is 1.93 bits per heavy atom. The number of fused-ring (bicyclic) bond motifs is 1. The number of aromatic nitrogens is 2. The van der Waals surface area contributed by atoms with Crippen LogP contribution in [0.2, 0.25) is 5.15 Å². The average molecular weight is 390 g/mol. The Bertz CT molecular complexity index is 1130. The van der Waals surface area contributed by atoms with E-state index in [1.54, 1.807) is 30.6 Å². The maximum atomic E-state index is 12.8. The standard InChI is InChI=1S/C22H16ClN3O2/c23-21-12-19(18-8-1-2-9-20(18)26-21)22(27)25-16-6-3-7-17(11-16)28-14-15-5-4-10-24-13-15/h1-13H,14H2,(H,25,27). The largest absolute Gasteiger partial charge is 0.489 e. The molecule has 1 N–H and O–H groups in total. The number of carbonyl (C=O) groups excluding carboxylic acids is 1. The van der Waals surface area contributed by atoms with Gasteiger partial charge in [-0.2, -0.15) is 0 Å². The van der Waals surface area contributed by atoms with Gasteiger partial charge in [0.15, 0.2) is 0 Å². The van der Waals surface area contributed by atoms with E-state index in [1.807, 2.05) is 48.5 Å². The number of rotatable bonds is 5. The Kier molecular flexibility index (Phi) is 5.17. The number of anilines is 1. The zero-order chi connectivity index (χ0) is 19.3. The van der Waals surface area contributed by atoms with Crippen molar-refractivity contribution in [3.8, 4) is 5.75 Å². The van der Waals surface area contributed by atoms with Crippen LogP contribution in [0.4, 0.5) is 5.69 Å². The molecule has 2 heterocycles. The van der Waals surface area contributed by atoms with Crippen LogP contribution in [0.25, 0.3) is 10.9 Å². The van der Waals surface area contributed by atoms with Gasteiger partial charge in [-0.1, -0.05) is 41.9 Å². The van der Waals surface area contributed by atoms with E-state index < -0.39 is 0 Å². The van der Waals surface area contributed by atoms with Crippen molar-refractivity contribution in [3.05, 3.63) is 95.4 Å². The van der Waals surface area contributed by atoms with Gasteiger partial charge in [0.2, 0.25) is 0 Å². The van der Waals surface area contributed by atoms with E-state index in [4.69, 9.17) is 16.3 Å². The number of amides is 1. The lowest BCUT2D eigenvalue weighted by Crippen LogP contribution is -2.13. The maximum Gasteiger partial charge on any atom is 0.256 e. The monoisotopic (exact) mass is 389 g/mol. The van der Waals surface area contributed by atoms with E-state index >= 15 is 0 Å². The number of carbonyl (C=O) groups is 1. The topological polar surface area (TPSA) is 64.1 Å². The first kappa shape index (κ1) is 17.9. The normalized spacial score (nSPS) is 10.6. The second kappa shape index (κ2) is 8.06. The molecule has 28 heavy (non-hydrogen) atoms. The van der Waals surface area contributed by atoms with Gasteiger partial charge in [-0.15, -0.1) is 0 Å². The minimum absolute atomic E-state index is 0.259. The number of halogens is 1. The van der Waals surface area contributed by atoms with Crippen LogP contribution in [0.1, 0.15) is 15.9 Å². The molecule has 0 aliphatic heterocycles. The summed E-state index contributed by atoms with van der Waals surface area (Å²) in [5.74, 6) is 0.393. The molecule has 0 saturated carbocycles. The number of hydrogen-bond acceptors (Lipinski definition) is 4. The summed E-state index contributed by atoms with van der Waals surface area (Å²) in [6.45, 7) is 0.399. The van der Waals surface area contributed by atoms with Crippen molar-refractivity contribution in [3.63, 3.8) is 0 Å². The molecular formula is C22H16ClN3O2. The molecular weight excluding hydrogens is 374 g/mol. The van der Waals surface area contributed by atoms with Crippen molar-refractivity contribution in [1.82, 2.24) is 9.97 Å². The summed E-state index contributed by atoms with van der Waals surface area (Å²) in [6.07, 6.45) is 3.47. The second-order valence-electron chi connectivity index (χ2n) is 6.14. The van der Waals surface area contributed by atoms with E-state index in [1.165, 1.54) is 0 Å². The van der Waals surface area contributed by atoms with E-state index in [-0.39, 0.29) is 11.1 Å². The molecule has 0 radical (unpaired) electrons. The van der Waals surface area contributed by atoms with Crippen LogP contribution < -0.4 is 10.1 Å². The molecule has 0 aliphatic rings. The first-order chi connectivity index (χ1) is 13.7. The summed E-state index contributed by atoms with van der Waals surface area (Å²) < 4.78 is 5.79. The third kappa shape index (κ3) is 4.10. The zero-order valence-electron chi connectivity index (χ0n) is 14.8. The van der Waals surface area contributed by atoms with Crippen LogP contribution in [-0.2, 0) is 6.61 Å². The van der Waals surface area contributed by atoms with Gasteiger partial charge in [-0.3, -0.25) is 9.78 Å². The van der Waals surface area contributed by atoms with Gasteiger partial charge in [0.25, 0.3) is 5.91 Å². The summed E-state index contributed by atoms with van der Waals surface area (Å²) >= 11 is 6.08. The minimum Gasteiger partial charge on any atom is -0.489 e. The van der Waals surface area contributed by atoms with Gasteiger partial charge >= 0.3 is 0 Å². The molecule has 5 nitrogen and oxygen atoms in total. The van der Waals surface area contributed by atoms with Gasteiger partial charge in [0, 0.05) is 35.1 Å². The maximum absolute atomic E-state index is 12.8. The lowest BCUT2D eigenvalue weighted by molar-refractivity contribution is 0.102. The van der Waals surface area contributed by atoms with Crippen molar-refractivity contribution in [2.45, 2.75) is 6.61 Å². The molecule has 0 saturated heterocycles. The summed E-state index contributed by atoms with van der Waals surface area (Å²) in [5, 5.41) is 3.92. The highest BCUT2D eigenvalue weighted by Crippen LogP contribution is 2.23. The average Bonchev–Trinajstić information content (AvgIpc) is 2.72. The molecule has 0 fully saturated rings. The summed E-state index contributed by atoms with van der Waals surface area (Å²) in [6, 6.07) is 20.0. The molecule has 0 bridgehead atoms. The van der Waals surface area contributed by atoms with Gasteiger partial charge in [0.05, 0.1) is 11.1 Å². The summed E-state index contributed by atoms with van der Waals surface area (Å²) in [7, 11) is 0. The Morgan fingerprint density at radius 3 is 2.79 bits per heavy atom. The van der Waals surface area contributed by atoms with Crippen molar-refractivity contribution >= 4 is 34.1 Å². The summed E-state index contributed by atoms with van der Waals surface area (Å²) in [5.41, 5.74) is 2.74. The third-order valence-corrected chi connectivity index (χ3v) is 4.34. The number of ether oxygens (including phenoxy) is 1. The fourth-order valence-corrected chi connectivity index (χ4v) is 3.04. The molecule has 4 aromatic rings. The highest BCUT2D eigenvalue weighted by Gasteiger charge is 2.13. The van der Waals surface area contributed by atoms with Crippen LogP contribution >= 0.6 is 11.6 Å². The second-order valence-corrected chi connectivity index (χ2v) is 6.53. The number of para-hydroxylation sites is 1. The number of nitrogens with zero attached hydrogens (tertiary/aromatic N) is 2. The van der Waals surface area contributed by atoms with Crippen LogP contribution in [0.5, 0.6) is 5.75 Å². The van der Waals surface area contributed by atoms with E-state index in [2.05, 4.69) is 15.3 Å². The lowest BCUT2D eigenvalue weighted by Gasteiger charge is -2.11. The lowest BCUT2D eigenvalue weighted by atomic mass is 10.1. The number of hydrogen-bond donors (Lipinski definition) is 1. The first-order valence-corrected chi connectivity index (χ1v) is 9.05. The molecule has 0 unspecified atom stereocenters. The molecule has 0 aliphatic carbocycles. The fourth-order valence-electron chi connectivity index (χ4n) is 2.84. The predicted molar refractivity (Wildman–Crippen MR) is 110 cm³/mol. The van der Waals surface area contributed by atoms with E-state index in [9.17, 15) is 4.79 Å². The molecule has 4 rings (SSSR count). The zero-order valence-corrected chi connectivity index (χ0v) is 15.6. The van der Waals surface area contributed by atoms with Crippen LogP contribution in [0.15, 0.2) is 79.1 Å². The molecule has 0 spiro atoms. The quantitative estimate of drug-likeness (QED) is 0.481. The minimum atomic E-state index is -0.259. The summed E-state index contributed by atoms with van der Waals surface area (Å²) in [4.78, 5) is 21.1. The van der Waals surface area contributed by atoms with Gasteiger partial charge in [0.1, 0.15) is 17.5 Å². The molecule has 138 valence electrons. The van der Waals surface area contributed by atoms with Gasteiger partial charge < -0.3 is 10.1 Å². The predicted octanol–water partition coefficient (Wildman–Crippen LogP) is 5.11. The highest BCUT2D eigenvalue weighted by atomic mass is 35.5. The molecule has 1 amide bonds. The van der Waals surface area contributed by atoms with Crippen molar-refractivity contribution in [2.24, 2.45) is 0 Å². The molecule has 6 heteroatoms. The molecule has 2 aromatic heterocycles. The van der Waals surface area contributed by atoms with Crippen LogP contribution in [0, 0.1) is 0 Å². The third-order valence-electron chi connectivity index (χ3n) is 4.15. The Hall–Kier alpha value is -3.44. The highest BCUT2D eigenvalue weighted by molar-refractivity contribution is 6.30. The van der Waals surface area contributed by atoms with E-state index in [0.29, 0.717) is 29.1 Å². The Balaban J connectivity index is 1.52. The number of pyridine rings is 2. The van der Waals surface area contributed by atoms with Crippen molar-refractivity contribution in [1.29, 1.82) is 0 Å². The van der Waals surface area contributed by atoms with Crippen LogP contribution in [-0.4, -0.2) is 15.9 Å². The van der Waals surface area contributed by atoms with E-state index in [0.717, 1.165) is 10.9 Å². The van der Waals surface area contributed by atoms with Crippen molar-refractivity contribution < 1.29 is 9.53 Å². The van der Waals surface area contributed by atoms with Gasteiger partial charge in [-0.25, -0.2) is 4.98 Å². The molecule has 0 atom stereocenters. The SMILES string of the molecule is O=C(Nc1cccc(OCc2cccnc2)c1)c1cc(Cl)nc2ccccc12. The van der Waals surface area contributed by atoms with Gasteiger partial charge in [-0.05, 0) is 30.3 Å². The van der Waals surface area contributed by atoms with Crippen LogP contribution in [0.3, 0.4) is 0 Å². The fraction of sp³-hybridized carbons (Fsp3) is 0.0455.